The van der Waals surface area contributed by atoms with E-state index in [-0.39, 0.29) is 6.04 Å². The first-order chi connectivity index (χ1) is 6.25. The lowest BCUT2D eigenvalue weighted by Gasteiger charge is -2.27. The summed E-state index contributed by atoms with van der Waals surface area (Å²) in [5, 5.41) is 11.1. The van der Waals surface area contributed by atoms with E-state index in [0.29, 0.717) is 12.0 Å². The minimum absolute atomic E-state index is 0.174. The van der Waals surface area contributed by atoms with Crippen molar-refractivity contribution in [3.05, 3.63) is 0 Å². The van der Waals surface area contributed by atoms with Gasteiger partial charge in [0.2, 0.25) is 0 Å². The predicted molar refractivity (Wildman–Crippen MR) is 46.6 cm³/mol. The molecule has 2 fully saturated rings. The van der Waals surface area contributed by atoms with E-state index in [0.717, 1.165) is 32.3 Å². The highest BCUT2D eigenvalue weighted by Gasteiger charge is 2.35. The Bertz CT molecular complexity index is 195. The van der Waals surface area contributed by atoms with Gasteiger partial charge in [-0.15, -0.1) is 0 Å². The zero-order chi connectivity index (χ0) is 9.26. The van der Waals surface area contributed by atoms with Crippen LogP contribution >= 0.6 is 0 Å². The van der Waals surface area contributed by atoms with Crippen molar-refractivity contribution in [3.63, 3.8) is 0 Å². The van der Waals surface area contributed by atoms with Crippen molar-refractivity contribution in [3.8, 4) is 0 Å². The lowest BCUT2D eigenvalue weighted by Crippen LogP contribution is -2.37. The first-order valence-corrected chi connectivity index (χ1v) is 4.87. The van der Waals surface area contributed by atoms with E-state index < -0.39 is 6.09 Å². The molecule has 13 heavy (non-hydrogen) atoms. The van der Waals surface area contributed by atoms with Crippen LogP contribution in [-0.2, 0) is 4.74 Å². The number of hydrogen-bond acceptors (Lipinski definition) is 2. The molecule has 4 heteroatoms. The average molecular weight is 185 g/mol. The van der Waals surface area contributed by atoms with E-state index in [1.54, 1.807) is 0 Å². The van der Waals surface area contributed by atoms with Crippen molar-refractivity contribution in [2.75, 3.05) is 6.61 Å². The fourth-order valence-electron chi connectivity index (χ4n) is 2.14. The molecule has 1 aliphatic carbocycles. The largest absolute Gasteiger partial charge is 0.465 e. The van der Waals surface area contributed by atoms with E-state index in [1.807, 2.05) is 0 Å². The van der Waals surface area contributed by atoms with Crippen molar-refractivity contribution in [2.45, 2.75) is 37.8 Å². The van der Waals surface area contributed by atoms with E-state index in [2.05, 4.69) is 5.32 Å². The average Bonchev–Trinajstić information content (AvgIpc) is 2.87. The number of carboxylic acid groups (broad SMARTS) is 1. The molecule has 1 atom stereocenters. The first-order valence-electron chi connectivity index (χ1n) is 4.87. The van der Waals surface area contributed by atoms with Crippen LogP contribution in [-0.4, -0.2) is 30.0 Å². The molecule has 1 saturated heterocycles. The first kappa shape index (κ1) is 8.81. The molecule has 0 aromatic carbocycles. The second kappa shape index (κ2) is 3.54. The zero-order valence-corrected chi connectivity index (χ0v) is 7.53. The maximum absolute atomic E-state index is 10.4. The van der Waals surface area contributed by atoms with Crippen molar-refractivity contribution >= 4 is 6.09 Å². The summed E-state index contributed by atoms with van der Waals surface area (Å²) in [5.41, 5.74) is 0. The second-order valence-electron chi connectivity index (χ2n) is 3.93. The number of ether oxygens (including phenoxy) is 1. The van der Waals surface area contributed by atoms with Gasteiger partial charge in [-0.1, -0.05) is 0 Å². The van der Waals surface area contributed by atoms with Gasteiger partial charge in [-0.25, -0.2) is 4.79 Å². The van der Waals surface area contributed by atoms with Crippen LogP contribution in [0.1, 0.15) is 25.7 Å². The number of rotatable bonds is 2. The fourth-order valence-corrected chi connectivity index (χ4v) is 2.14. The molecule has 0 unspecified atom stereocenters. The second-order valence-corrected chi connectivity index (χ2v) is 3.93. The maximum atomic E-state index is 10.4. The van der Waals surface area contributed by atoms with E-state index >= 15 is 0 Å². The van der Waals surface area contributed by atoms with Gasteiger partial charge in [-0.3, -0.25) is 0 Å². The topological polar surface area (TPSA) is 61.9 Å². The Balaban J connectivity index is 1.72. The standard InChI is InChI=1S/C9H15NO3/c11-9(12)10-7-3-1-6(2-4-7)8-5-13-8/h6-8,10H,1-5H2,(H,11,12)/t6?,7?,8-/m1/s1. The van der Waals surface area contributed by atoms with Gasteiger partial charge in [0.15, 0.2) is 0 Å². The summed E-state index contributed by atoms with van der Waals surface area (Å²) in [5.74, 6) is 0.687. The summed E-state index contributed by atoms with van der Waals surface area (Å²) in [7, 11) is 0. The van der Waals surface area contributed by atoms with E-state index in [9.17, 15) is 4.79 Å². The van der Waals surface area contributed by atoms with Crippen molar-refractivity contribution in [1.29, 1.82) is 0 Å². The Morgan fingerprint density at radius 2 is 1.92 bits per heavy atom. The van der Waals surface area contributed by atoms with E-state index in [1.165, 1.54) is 0 Å². The van der Waals surface area contributed by atoms with Gasteiger partial charge in [0.05, 0.1) is 12.7 Å². The van der Waals surface area contributed by atoms with Gasteiger partial charge >= 0.3 is 6.09 Å². The van der Waals surface area contributed by atoms with Gasteiger partial charge in [-0.05, 0) is 31.6 Å². The summed E-state index contributed by atoms with van der Waals surface area (Å²) >= 11 is 0. The highest BCUT2D eigenvalue weighted by molar-refractivity contribution is 5.64. The minimum atomic E-state index is -0.897. The molecule has 2 rings (SSSR count). The van der Waals surface area contributed by atoms with Crippen LogP contribution in [0.25, 0.3) is 0 Å². The minimum Gasteiger partial charge on any atom is -0.465 e. The van der Waals surface area contributed by atoms with Gasteiger partial charge < -0.3 is 15.2 Å². The third-order valence-corrected chi connectivity index (χ3v) is 2.98. The van der Waals surface area contributed by atoms with Crippen LogP contribution in [0.4, 0.5) is 4.79 Å². The Kier molecular flexibility index (Phi) is 2.40. The van der Waals surface area contributed by atoms with Gasteiger partial charge in [0, 0.05) is 6.04 Å². The van der Waals surface area contributed by atoms with Crippen LogP contribution in [0.3, 0.4) is 0 Å². The number of amides is 1. The Hall–Kier alpha value is -0.770. The summed E-state index contributed by atoms with van der Waals surface area (Å²) in [6, 6.07) is 0.174. The lowest BCUT2D eigenvalue weighted by atomic mass is 9.84. The molecular weight excluding hydrogens is 170 g/mol. The number of hydrogen-bond donors (Lipinski definition) is 2. The smallest absolute Gasteiger partial charge is 0.404 e. The highest BCUT2D eigenvalue weighted by Crippen LogP contribution is 2.33. The third-order valence-electron chi connectivity index (χ3n) is 2.98. The fraction of sp³-hybridized carbons (Fsp3) is 0.889. The van der Waals surface area contributed by atoms with Crippen LogP contribution in [0, 0.1) is 5.92 Å². The van der Waals surface area contributed by atoms with Crippen LogP contribution < -0.4 is 5.32 Å². The maximum Gasteiger partial charge on any atom is 0.404 e. The SMILES string of the molecule is O=C(O)NC1CCC([C@H]2CO2)CC1. The molecule has 0 spiro atoms. The summed E-state index contributed by atoms with van der Waals surface area (Å²) in [6.07, 6.45) is 3.75. The Morgan fingerprint density at radius 1 is 1.31 bits per heavy atom. The van der Waals surface area contributed by atoms with Crippen LogP contribution in [0.5, 0.6) is 0 Å². The number of carbonyl (C=O) groups is 1. The molecule has 1 heterocycles. The molecule has 4 nitrogen and oxygen atoms in total. The van der Waals surface area contributed by atoms with Crippen molar-refractivity contribution in [1.82, 2.24) is 5.32 Å². The molecule has 0 radical (unpaired) electrons. The quantitative estimate of drug-likeness (QED) is 0.636. The summed E-state index contributed by atoms with van der Waals surface area (Å²) in [4.78, 5) is 10.4. The molecule has 2 N–H and O–H groups in total. The van der Waals surface area contributed by atoms with Gasteiger partial charge in [0.25, 0.3) is 0 Å². The van der Waals surface area contributed by atoms with Crippen LogP contribution in [0.2, 0.25) is 0 Å². The molecular formula is C9H15NO3. The molecule has 0 aromatic rings. The van der Waals surface area contributed by atoms with Crippen LogP contribution in [0.15, 0.2) is 0 Å². The molecule has 1 saturated carbocycles. The van der Waals surface area contributed by atoms with Crippen molar-refractivity contribution in [2.24, 2.45) is 5.92 Å². The highest BCUT2D eigenvalue weighted by atomic mass is 16.6. The monoisotopic (exact) mass is 185 g/mol. The third kappa shape index (κ3) is 2.34. The molecule has 74 valence electrons. The summed E-state index contributed by atoms with van der Waals surface area (Å²) in [6.45, 7) is 0.918. The Labute approximate surface area is 77.3 Å². The predicted octanol–water partition coefficient (Wildman–Crippen LogP) is 1.21. The summed E-state index contributed by atoms with van der Waals surface area (Å²) < 4.78 is 5.23. The lowest BCUT2D eigenvalue weighted by molar-refractivity contribution is 0.178. The molecule has 1 amide bonds. The molecule has 0 bridgehead atoms. The number of nitrogens with one attached hydrogen (secondary N) is 1. The molecule has 0 aromatic heterocycles. The number of epoxide rings is 1. The van der Waals surface area contributed by atoms with Gasteiger partial charge in [0.1, 0.15) is 0 Å². The van der Waals surface area contributed by atoms with E-state index in [4.69, 9.17) is 9.84 Å². The molecule has 2 aliphatic rings. The van der Waals surface area contributed by atoms with Gasteiger partial charge in [-0.2, -0.15) is 0 Å². The zero-order valence-electron chi connectivity index (χ0n) is 7.53. The molecule has 1 aliphatic heterocycles. The Morgan fingerprint density at radius 3 is 2.38 bits per heavy atom. The normalized spacial score (nSPS) is 38.3. The van der Waals surface area contributed by atoms with Crippen molar-refractivity contribution < 1.29 is 14.6 Å².